The summed E-state index contributed by atoms with van der Waals surface area (Å²) in [6.45, 7) is 6.91. The van der Waals surface area contributed by atoms with Gasteiger partial charge in [0.05, 0.1) is 0 Å². The van der Waals surface area contributed by atoms with Gasteiger partial charge in [-0.1, -0.05) is 13.0 Å². The summed E-state index contributed by atoms with van der Waals surface area (Å²) in [5.74, 6) is 1.18. The highest BCUT2D eigenvalue weighted by atomic mass is 32.2. The van der Waals surface area contributed by atoms with Crippen molar-refractivity contribution in [1.82, 2.24) is 5.32 Å². The molecule has 0 rings (SSSR count). The van der Waals surface area contributed by atoms with Crippen molar-refractivity contribution in [3.05, 3.63) is 12.7 Å². The average Bonchev–Trinajstić information content (AvgIpc) is 1.90. The lowest BCUT2D eigenvalue weighted by Gasteiger charge is -2.13. The number of nitrogens with one attached hydrogen (secondary N) is 1. The number of hydrogen-bond acceptors (Lipinski definition) is 2. The van der Waals surface area contributed by atoms with Crippen molar-refractivity contribution in [1.29, 1.82) is 0 Å². The monoisotopic (exact) mass is 159 g/mol. The van der Waals surface area contributed by atoms with E-state index in [1.807, 2.05) is 17.8 Å². The van der Waals surface area contributed by atoms with Crippen molar-refractivity contribution in [2.45, 2.75) is 19.4 Å². The van der Waals surface area contributed by atoms with E-state index >= 15 is 0 Å². The SMILES string of the molecule is C=CCC(CSC)NCC. The van der Waals surface area contributed by atoms with E-state index in [2.05, 4.69) is 25.1 Å². The highest BCUT2D eigenvalue weighted by Gasteiger charge is 2.01. The van der Waals surface area contributed by atoms with Crippen LogP contribution in [0.25, 0.3) is 0 Å². The molecule has 0 saturated carbocycles. The summed E-state index contributed by atoms with van der Waals surface area (Å²) >= 11 is 1.88. The summed E-state index contributed by atoms with van der Waals surface area (Å²) in [4.78, 5) is 0. The summed E-state index contributed by atoms with van der Waals surface area (Å²) in [5, 5.41) is 3.39. The number of hydrogen-bond donors (Lipinski definition) is 1. The Morgan fingerprint density at radius 1 is 1.70 bits per heavy atom. The molecule has 0 aliphatic rings. The third-order valence-electron chi connectivity index (χ3n) is 1.31. The second kappa shape index (κ2) is 7.16. The molecule has 0 aromatic carbocycles. The largest absolute Gasteiger partial charge is 0.313 e. The first-order valence-electron chi connectivity index (χ1n) is 3.68. The lowest BCUT2D eigenvalue weighted by atomic mass is 10.2. The van der Waals surface area contributed by atoms with Gasteiger partial charge >= 0.3 is 0 Å². The molecule has 1 atom stereocenters. The second-order valence-electron chi connectivity index (χ2n) is 2.23. The molecular formula is C8H17NS. The van der Waals surface area contributed by atoms with Gasteiger partial charge in [-0.2, -0.15) is 11.8 Å². The van der Waals surface area contributed by atoms with Crippen molar-refractivity contribution in [3.8, 4) is 0 Å². The Balaban J connectivity index is 3.38. The van der Waals surface area contributed by atoms with Crippen LogP contribution in [0, 0.1) is 0 Å². The molecule has 0 aromatic heterocycles. The Kier molecular flexibility index (Phi) is 7.20. The van der Waals surface area contributed by atoms with E-state index in [4.69, 9.17) is 0 Å². The van der Waals surface area contributed by atoms with Gasteiger partial charge in [0.1, 0.15) is 0 Å². The van der Waals surface area contributed by atoms with Crippen molar-refractivity contribution in [2.75, 3.05) is 18.6 Å². The third kappa shape index (κ3) is 4.89. The fraction of sp³-hybridized carbons (Fsp3) is 0.750. The number of rotatable bonds is 6. The summed E-state index contributed by atoms with van der Waals surface area (Å²) < 4.78 is 0. The minimum atomic E-state index is 0.623. The van der Waals surface area contributed by atoms with Crippen LogP contribution in [0.4, 0.5) is 0 Å². The van der Waals surface area contributed by atoms with Crippen molar-refractivity contribution in [2.24, 2.45) is 0 Å². The molecule has 0 aliphatic carbocycles. The molecule has 0 fully saturated rings. The van der Waals surface area contributed by atoms with Crippen molar-refractivity contribution in [3.63, 3.8) is 0 Å². The first-order valence-corrected chi connectivity index (χ1v) is 5.07. The molecule has 0 aliphatic heterocycles. The van der Waals surface area contributed by atoms with Crippen LogP contribution in [0.3, 0.4) is 0 Å². The van der Waals surface area contributed by atoms with Crippen LogP contribution in [-0.4, -0.2) is 24.6 Å². The minimum absolute atomic E-state index is 0.623. The van der Waals surface area contributed by atoms with E-state index in [0.29, 0.717) is 6.04 Å². The topological polar surface area (TPSA) is 12.0 Å². The zero-order valence-electron chi connectivity index (χ0n) is 6.89. The zero-order chi connectivity index (χ0) is 7.82. The van der Waals surface area contributed by atoms with Crippen LogP contribution in [0.2, 0.25) is 0 Å². The molecule has 0 amide bonds. The minimum Gasteiger partial charge on any atom is -0.313 e. The maximum Gasteiger partial charge on any atom is 0.0192 e. The molecule has 10 heavy (non-hydrogen) atoms. The first-order chi connectivity index (χ1) is 4.85. The zero-order valence-corrected chi connectivity index (χ0v) is 7.71. The van der Waals surface area contributed by atoms with Gasteiger partial charge in [-0.05, 0) is 19.2 Å². The molecule has 60 valence electrons. The van der Waals surface area contributed by atoms with Gasteiger partial charge in [0.15, 0.2) is 0 Å². The Morgan fingerprint density at radius 2 is 2.40 bits per heavy atom. The summed E-state index contributed by atoms with van der Waals surface area (Å²) in [6.07, 6.45) is 5.19. The normalized spacial score (nSPS) is 13.0. The standard InChI is InChI=1S/C8H17NS/c1-4-6-8(7-10-3)9-5-2/h4,8-9H,1,5-7H2,2-3H3. The Hall–Kier alpha value is 0.0500. The lowest BCUT2D eigenvalue weighted by molar-refractivity contribution is 0.582. The van der Waals surface area contributed by atoms with Gasteiger partial charge in [0.2, 0.25) is 0 Å². The van der Waals surface area contributed by atoms with Gasteiger partial charge in [0.25, 0.3) is 0 Å². The van der Waals surface area contributed by atoms with E-state index in [1.54, 1.807) is 0 Å². The van der Waals surface area contributed by atoms with Gasteiger partial charge in [-0.25, -0.2) is 0 Å². The van der Waals surface area contributed by atoms with E-state index in [-0.39, 0.29) is 0 Å². The van der Waals surface area contributed by atoms with Crippen LogP contribution < -0.4 is 5.32 Å². The fourth-order valence-corrected chi connectivity index (χ4v) is 1.56. The molecule has 0 bridgehead atoms. The van der Waals surface area contributed by atoms with Gasteiger partial charge in [-0.3, -0.25) is 0 Å². The van der Waals surface area contributed by atoms with Gasteiger partial charge < -0.3 is 5.32 Å². The smallest absolute Gasteiger partial charge is 0.0192 e. The molecule has 1 unspecified atom stereocenters. The Bertz CT molecular complexity index is 77.3. The van der Waals surface area contributed by atoms with E-state index in [9.17, 15) is 0 Å². The van der Waals surface area contributed by atoms with E-state index in [1.165, 1.54) is 5.75 Å². The van der Waals surface area contributed by atoms with E-state index < -0.39 is 0 Å². The van der Waals surface area contributed by atoms with Crippen molar-refractivity contribution >= 4 is 11.8 Å². The molecule has 2 heteroatoms. The maximum atomic E-state index is 3.72. The van der Waals surface area contributed by atoms with E-state index in [0.717, 1.165) is 13.0 Å². The molecule has 0 heterocycles. The molecule has 0 spiro atoms. The van der Waals surface area contributed by atoms with Crippen LogP contribution >= 0.6 is 11.8 Å². The van der Waals surface area contributed by atoms with Crippen LogP contribution in [0.5, 0.6) is 0 Å². The maximum absolute atomic E-state index is 3.72. The highest BCUT2D eigenvalue weighted by molar-refractivity contribution is 7.98. The molecule has 0 radical (unpaired) electrons. The van der Waals surface area contributed by atoms with Crippen LogP contribution in [0.15, 0.2) is 12.7 Å². The molecule has 0 saturated heterocycles. The Morgan fingerprint density at radius 3 is 2.80 bits per heavy atom. The highest BCUT2D eigenvalue weighted by Crippen LogP contribution is 2.01. The molecule has 0 aromatic rings. The van der Waals surface area contributed by atoms with Gasteiger partial charge in [0, 0.05) is 11.8 Å². The van der Waals surface area contributed by atoms with Crippen LogP contribution in [-0.2, 0) is 0 Å². The fourth-order valence-electron chi connectivity index (χ4n) is 0.901. The predicted molar refractivity (Wildman–Crippen MR) is 50.7 cm³/mol. The molecule has 1 nitrogen and oxygen atoms in total. The second-order valence-corrected chi connectivity index (χ2v) is 3.15. The Labute approximate surface area is 68.3 Å². The number of thioether (sulfide) groups is 1. The summed E-state index contributed by atoms with van der Waals surface area (Å²) in [6, 6.07) is 0.623. The quantitative estimate of drug-likeness (QED) is 0.594. The predicted octanol–water partition coefficient (Wildman–Crippen LogP) is 1.90. The lowest BCUT2D eigenvalue weighted by Crippen LogP contribution is -2.30. The molecular weight excluding hydrogens is 142 g/mol. The molecule has 1 N–H and O–H groups in total. The first kappa shape index (κ1) is 10.0. The van der Waals surface area contributed by atoms with Crippen LogP contribution in [0.1, 0.15) is 13.3 Å². The third-order valence-corrected chi connectivity index (χ3v) is 2.05. The summed E-state index contributed by atoms with van der Waals surface area (Å²) in [5.41, 5.74) is 0. The summed E-state index contributed by atoms with van der Waals surface area (Å²) in [7, 11) is 0. The average molecular weight is 159 g/mol. The van der Waals surface area contributed by atoms with Gasteiger partial charge in [-0.15, -0.1) is 6.58 Å². The van der Waals surface area contributed by atoms with Crippen molar-refractivity contribution < 1.29 is 0 Å².